The molecule has 0 saturated carbocycles. The molecule has 0 aliphatic rings. The lowest BCUT2D eigenvalue weighted by molar-refractivity contribution is 0.0975. The Bertz CT molecular complexity index is 720. The molecule has 21 heavy (non-hydrogen) atoms. The van der Waals surface area contributed by atoms with Crippen LogP contribution in [0.4, 0.5) is 0 Å². The lowest BCUT2D eigenvalue weighted by Crippen LogP contribution is -2.09. The highest BCUT2D eigenvalue weighted by atomic mass is 16.1. The zero-order chi connectivity index (χ0) is 14.5. The first kappa shape index (κ1) is 13.2. The predicted molar refractivity (Wildman–Crippen MR) is 80.5 cm³/mol. The number of Topliss-reactive ketones (excluding diaryl/α,β-unsaturated/α-hetero) is 1. The summed E-state index contributed by atoms with van der Waals surface area (Å²) in [4.78, 5) is 16.5. The minimum absolute atomic E-state index is 0.0835. The summed E-state index contributed by atoms with van der Waals surface area (Å²) in [6.07, 6.45) is 6.32. The third-order valence-corrected chi connectivity index (χ3v) is 3.29. The molecule has 0 fully saturated rings. The van der Waals surface area contributed by atoms with E-state index in [1.54, 1.807) is 29.3 Å². The molecule has 1 aromatic carbocycles. The van der Waals surface area contributed by atoms with Crippen LogP contribution in [0.3, 0.4) is 0 Å². The number of para-hydroxylation sites is 1. The lowest BCUT2D eigenvalue weighted by Gasteiger charge is -2.06. The number of pyridine rings is 1. The predicted octanol–water partition coefficient (Wildman–Crippen LogP) is 3.08. The van der Waals surface area contributed by atoms with E-state index in [0.717, 1.165) is 11.3 Å². The van der Waals surface area contributed by atoms with Gasteiger partial charge < -0.3 is 0 Å². The molecule has 3 rings (SSSR count). The molecule has 4 heteroatoms. The van der Waals surface area contributed by atoms with E-state index in [0.29, 0.717) is 18.5 Å². The monoisotopic (exact) mass is 277 g/mol. The Kier molecular flexibility index (Phi) is 3.87. The quantitative estimate of drug-likeness (QED) is 0.673. The smallest absolute Gasteiger partial charge is 0.181 e. The van der Waals surface area contributed by atoms with Gasteiger partial charge in [0.15, 0.2) is 5.78 Å². The van der Waals surface area contributed by atoms with E-state index in [1.165, 1.54) is 0 Å². The number of ketones is 1. The van der Waals surface area contributed by atoms with Crippen molar-refractivity contribution in [3.8, 4) is 5.69 Å². The number of benzene rings is 1. The van der Waals surface area contributed by atoms with Crippen LogP contribution in [-0.2, 0) is 6.42 Å². The topological polar surface area (TPSA) is 47.8 Å². The van der Waals surface area contributed by atoms with Crippen LogP contribution in [0.25, 0.3) is 5.69 Å². The standard InChI is InChI=1S/C17H15N3O/c21-17(9-8-14-5-4-11-18-13-14)16-10-12-19-20(16)15-6-2-1-3-7-15/h1-7,10-13H,8-9H2. The number of aryl methyl sites for hydroxylation is 1. The van der Waals surface area contributed by atoms with E-state index in [-0.39, 0.29) is 5.78 Å². The summed E-state index contributed by atoms with van der Waals surface area (Å²) in [5, 5.41) is 4.25. The van der Waals surface area contributed by atoms with Crippen LogP contribution in [-0.4, -0.2) is 20.5 Å². The molecule has 0 bridgehead atoms. The van der Waals surface area contributed by atoms with Gasteiger partial charge in [0.1, 0.15) is 5.69 Å². The molecule has 0 atom stereocenters. The van der Waals surface area contributed by atoms with Crippen LogP contribution >= 0.6 is 0 Å². The highest BCUT2D eigenvalue weighted by Crippen LogP contribution is 2.13. The van der Waals surface area contributed by atoms with Gasteiger partial charge in [0.05, 0.1) is 11.9 Å². The van der Waals surface area contributed by atoms with Crippen molar-refractivity contribution in [1.82, 2.24) is 14.8 Å². The van der Waals surface area contributed by atoms with E-state index >= 15 is 0 Å². The molecule has 0 aliphatic carbocycles. The summed E-state index contributed by atoms with van der Waals surface area (Å²) < 4.78 is 1.69. The van der Waals surface area contributed by atoms with Gasteiger partial charge in [-0.25, -0.2) is 4.68 Å². The van der Waals surface area contributed by atoms with Crippen molar-refractivity contribution in [3.05, 3.63) is 78.4 Å². The second kappa shape index (κ2) is 6.13. The van der Waals surface area contributed by atoms with Crippen molar-refractivity contribution >= 4 is 5.78 Å². The molecule has 0 saturated heterocycles. The van der Waals surface area contributed by atoms with Crippen molar-refractivity contribution in [2.75, 3.05) is 0 Å². The van der Waals surface area contributed by atoms with E-state index in [1.807, 2.05) is 42.5 Å². The normalized spacial score (nSPS) is 10.5. The first-order valence-corrected chi connectivity index (χ1v) is 6.86. The molecule has 104 valence electrons. The molecule has 4 nitrogen and oxygen atoms in total. The average Bonchev–Trinajstić information content (AvgIpc) is 3.04. The Morgan fingerprint density at radius 2 is 1.86 bits per heavy atom. The SMILES string of the molecule is O=C(CCc1cccnc1)c1ccnn1-c1ccccc1. The van der Waals surface area contributed by atoms with E-state index in [2.05, 4.69) is 10.1 Å². The summed E-state index contributed by atoms with van der Waals surface area (Å²) in [6.45, 7) is 0. The Balaban J connectivity index is 1.76. The first-order valence-electron chi connectivity index (χ1n) is 6.86. The van der Waals surface area contributed by atoms with Gasteiger partial charge in [-0.15, -0.1) is 0 Å². The lowest BCUT2D eigenvalue weighted by atomic mass is 10.1. The van der Waals surface area contributed by atoms with Crippen LogP contribution in [0.1, 0.15) is 22.5 Å². The van der Waals surface area contributed by atoms with Crippen LogP contribution in [0, 0.1) is 0 Å². The van der Waals surface area contributed by atoms with Crippen LogP contribution in [0.5, 0.6) is 0 Å². The summed E-state index contributed by atoms with van der Waals surface area (Å²) in [6, 6.07) is 15.3. The molecule has 3 aromatic rings. The van der Waals surface area contributed by atoms with Crippen LogP contribution in [0.15, 0.2) is 67.1 Å². The zero-order valence-corrected chi connectivity index (χ0v) is 11.5. The Hall–Kier alpha value is -2.75. The van der Waals surface area contributed by atoms with Gasteiger partial charge in [0.25, 0.3) is 0 Å². The van der Waals surface area contributed by atoms with Gasteiger partial charge in [0.2, 0.25) is 0 Å². The second-order valence-electron chi connectivity index (χ2n) is 4.75. The highest BCUT2D eigenvalue weighted by Gasteiger charge is 2.13. The Morgan fingerprint density at radius 1 is 1.00 bits per heavy atom. The molecule has 0 radical (unpaired) electrons. The van der Waals surface area contributed by atoms with Crippen LogP contribution < -0.4 is 0 Å². The molecule has 2 aromatic heterocycles. The maximum absolute atomic E-state index is 12.4. The molecular weight excluding hydrogens is 262 g/mol. The Labute approximate surface area is 123 Å². The summed E-state index contributed by atoms with van der Waals surface area (Å²) in [5.74, 6) is 0.0835. The maximum atomic E-state index is 12.4. The molecule has 0 spiro atoms. The number of hydrogen-bond acceptors (Lipinski definition) is 3. The van der Waals surface area contributed by atoms with Crippen molar-refractivity contribution in [2.24, 2.45) is 0 Å². The van der Waals surface area contributed by atoms with Gasteiger partial charge in [-0.3, -0.25) is 9.78 Å². The van der Waals surface area contributed by atoms with Gasteiger partial charge in [-0.05, 0) is 36.2 Å². The van der Waals surface area contributed by atoms with Crippen molar-refractivity contribution in [2.45, 2.75) is 12.8 Å². The fraction of sp³-hybridized carbons (Fsp3) is 0.118. The molecular formula is C17H15N3O. The first-order chi connectivity index (χ1) is 10.3. The van der Waals surface area contributed by atoms with Gasteiger partial charge in [-0.2, -0.15) is 5.10 Å². The molecule has 0 N–H and O–H groups in total. The maximum Gasteiger partial charge on any atom is 0.181 e. The molecule has 0 aliphatic heterocycles. The van der Waals surface area contributed by atoms with Crippen LogP contribution in [0.2, 0.25) is 0 Å². The van der Waals surface area contributed by atoms with Crippen molar-refractivity contribution in [1.29, 1.82) is 0 Å². The van der Waals surface area contributed by atoms with Crippen molar-refractivity contribution in [3.63, 3.8) is 0 Å². The summed E-state index contributed by atoms with van der Waals surface area (Å²) >= 11 is 0. The number of carbonyl (C=O) groups is 1. The minimum Gasteiger partial charge on any atom is -0.292 e. The number of rotatable bonds is 5. The highest BCUT2D eigenvalue weighted by molar-refractivity contribution is 5.95. The van der Waals surface area contributed by atoms with E-state index in [9.17, 15) is 4.79 Å². The summed E-state index contributed by atoms with van der Waals surface area (Å²) in [7, 11) is 0. The minimum atomic E-state index is 0.0835. The fourth-order valence-electron chi connectivity index (χ4n) is 2.22. The number of nitrogens with zero attached hydrogens (tertiary/aromatic N) is 3. The van der Waals surface area contributed by atoms with Gasteiger partial charge in [0, 0.05) is 18.8 Å². The number of aromatic nitrogens is 3. The third kappa shape index (κ3) is 3.05. The molecule has 2 heterocycles. The zero-order valence-electron chi connectivity index (χ0n) is 11.5. The fourth-order valence-corrected chi connectivity index (χ4v) is 2.22. The second-order valence-corrected chi connectivity index (χ2v) is 4.75. The molecule has 0 unspecified atom stereocenters. The number of hydrogen-bond donors (Lipinski definition) is 0. The average molecular weight is 277 g/mol. The number of carbonyl (C=O) groups excluding carboxylic acids is 1. The van der Waals surface area contributed by atoms with E-state index in [4.69, 9.17) is 0 Å². The van der Waals surface area contributed by atoms with Gasteiger partial charge >= 0.3 is 0 Å². The Morgan fingerprint density at radius 3 is 2.62 bits per heavy atom. The molecule has 0 amide bonds. The third-order valence-electron chi connectivity index (χ3n) is 3.29. The summed E-state index contributed by atoms with van der Waals surface area (Å²) in [5.41, 5.74) is 2.58. The van der Waals surface area contributed by atoms with E-state index < -0.39 is 0 Å². The largest absolute Gasteiger partial charge is 0.292 e. The van der Waals surface area contributed by atoms with Gasteiger partial charge in [-0.1, -0.05) is 24.3 Å². The van der Waals surface area contributed by atoms with Crippen molar-refractivity contribution < 1.29 is 4.79 Å².